The van der Waals surface area contributed by atoms with Crippen LogP contribution >= 0.6 is 11.6 Å². The van der Waals surface area contributed by atoms with E-state index >= 15 is 0 Å². The predicted molar refractivity (Wildman–Crippen MR) is 96.6 cm³/mol. The number of aromatic nitrogens is 2. The van der Waals surface area contributed by atoms with Crippen LogP contribution in [0.3, 0.4) is 0 Å². The normalized spacial score (nSPS) is 20.0. The van der Waals surface area contributed by atoms with E-state index in [9.17, 15) is 4.79 Å². The van der Waals surface area contributed by atoms with Crippen LogP contribution in [-0.2, 0) is 18.8 Å². The SMILES string of the molecule is COC(=O)CC(B1OC(C)(C)C(C)(C)O1)c1c[nH]c2nccc(Cl)c12. The van der Waals surface area contributed by atoms with Crippen molar-refractivity contribution in [2.75, 3.05) is 7.11 Å². The van der Waals surface area contributed by atoms with Crippen molar-refractivity contribution < 1.29 is 18.8 Å². The number of nitrogens with zero attached hydrogens (tertiary/aromatic N) is 1. The molecule has 0 saturated carbocycles. The molecule has 0 aromatic carbocycles. The summed E-state index contributed by atoms with van der Waals surface area (Å²) in [7, 11) is 0.771. The molecule has 1 atom stereocenters. The highest BCUT2D eigenvalue weighted by molar-refractivity contribution is 6.48. The molecule has 8 heteroatoms. The number of fused-ring (bicyclic) bond motifs is 1. The Balaban J connectivity index is 2.05. The summed E-state index contributed by atoms with van der Waals surface area (Å²) in [5.41, 5.74) is 0.492. The van der Waals surface area contributed by atoms with Gasteiger partial charge >= 0.3 is 13.1 Å². The number of nitrogens with one attached hydrogen (secondary N) is 1. The fourth-order valence-electron chi connectivity index (χ4n) is 3.00. The largest absolute Gasteiger partial charge is 0.469 e. The highest BCUT2D eigenvalue weighted by Crippen LogP contribution is 2.43. The van der Waals surface area contributed by atoms with Crippen LogP contribution in [0.15, 0.2) is 18.5 Å². The minimum absolute atomic E-state index is 0.117. The number of ether oxygens (including phenoxy) is 1. The fourth-order valence-corrected chi connectivity index (χ4v) is 3.26. The van der Waals surface area contributed by atoms with Gasteiger partial charge in [-0.05, 0) is 39.3 Å². The summed E-state index contributed by atoms with van der Waals surface area (Å²) in [5, 5.41) is 1.33. The summed E-state index contributed by atoms with van der Waals surface area (Å²) >= 11 is 6.38. The second-order valence-electron chi connectivity index (χ2n) is 7.27. The van der Waals surface area contributed by atoms with E-state index in [4.69, 9.17) is 25.6 Å². The molecule has 0 amide bonds. The number of hydrogen-bond donors (Lipinski definition) is 1. The molecule has 3 heterocycles. The van der Waals surface area contributed by atoms with E-state index in [1.807, 2.05) is 33.9 Å². The van der Waals surface area contributed by atoms with Crippen molar-refractivity contribution in [3.8, 4) is 0 Å². The van der Waals surface area contributed by atoms with E-state index in [0.29, 0.717) is 10.7 Å². The van der Waals surface area contributed by atoms with Crippen molar-refractivity contribution in [3.63, 3.8) is 0 Å². The molecule has 0 aliphatic carbocycles. The molecular formula is C17H22BClN2O4. The highest BCUT2D eigenvalue weighted by atomic mass is 35.5. The van der Waals surface area contributed by atoms with Crippen molar-refractivity contribution in [1.29, 1.82) is 0 Å². The summed E-state index contributed by atoms with van der Waals surface area (Å²) < 4.78 is 17.2. The third-order valence-corrected chi connectivity index (χ3v) is 5.48. The zero-order valence-corrected chi connectivity index (χ0v) is 15.8. The zero-order valence-electron chi connectivity index (χ0n) is 15.1. The lowest BCUT2D eigenvalue weighted by atomic mass is 9.66. The maximum absolute atomic E-state index is 12.0. The number of pyridine rings is 1. The number of hydrogen-bond acceptors (Lipinski definition) is 5. The van der Waals surface area contributed by atoms with E-state index in [0.717, 1.165) is 10.9 Å². The van der Waals surface area contributed by atoms with E-state index in [1.165, 1.54) is 7.11 Å². The van der Waals surface area contributed by atoms with Crippen molar-refractivity contribution in [1.82, 2.24) is 9.97 Å². The lowest BCUT2D eigenvalue weighted by molar-refractivity contribution is -0.140. The third-order valence-electron chi connectivity index (χ3n) is 5.17. The number of aromatic amines is 1. The number of esters is 1. The molecule has 1 fully saturated rings. The molecule has 1 unspecified atom stereocenters. The van der Waals surface area contributed by atoms with Crippen molar-refractivity contribution >= 4 is 35.7 Å². The van der Waals surface area contributed by atoms with Crippen LogP contribution in [0, 0.1) is 0 Å². The summed E-state index contributed by atoms with van der Waals surface area (Å²) in [4.78, 5) is 19.4. The molecule has 0 radical (unpaired) electrons. The molecule has 1 aliphatic rings. The smallest absolute Gasteiger partial charge is 0.466 e. The van der Waals surface area contributed by atoms with Gasteiger partial charge in [0.1, 0.15) is 5.65 Å². The lowest BCUT2D eigenvalue weighted by Gasteiger charge is -2.32. The van der Waals surface area contributed by atoms with Crippen LogP contribution in [0.1, 0.15) is 45.5 Å². The van der Waals surface area contributed by atoms with Gasteiger partial charge in [0.2, 0.25) is 0 Å². The molecule has 6 nitrogen and oxygen atoms in total. The third kappa shape index (κ3) is 3.16. The molecule has 1 saturated heterocycles. The van der Waals surface area contributed by atoms with Gasteiger partial charge in [0.05, 0.1) is 29.8 Å². The first-order valence-corrected chi connectivity index (χ1v) is 8.58. The van der Waals surface area contributed by atoms with Gasteiger partial charge in [0.15, 0.2) is 0 Å². The van der Waals surface area contributed by atoms with E-state index in [1.54, 1.807) is 12.3 Å². The highest BCUT2D eigenvalue weighted by Gasteiger charge is 2.54. The summed E-state index contributed by atoms with van der Waals surface area (Å²) in [6.07, 6.45) is 3.56. The summed E-state index contributed by atoms with van der Waals surface area (Å²) in [6, 6.07) is 1.72. The average Bonchev–Trinajstić information content (AvgIpc) is 3.04. The average molecular weight is 365 g/mol. The van der Waals surface area contributed by atoms with Crippen LogP contribution < -0.4 is 0 Å². The van der Waals surface area contributed by atoms with E-state index < -0.39 is 18.3 Å². The number of rotatable bonds is 4. The molecule has 1 aliphatic heterocycles. The first-order valence-electron chi connectivity index (χ1n) is 8.20. The monoisotopic (exact) mass is 364 g/mol. The second kappa shape index (κ2) is 6.30. The molecule has 25 heavy (non-hydrogen) atoms. The summed E-state index contributed by atoms with van der Waals surface area (Å²) in [6.45, 7) is 7.91. The number of carbonyl (C=O) groups excluding carboxylic acids is 1. The van der Waals surface area contributed by atoms with Crippen LogP contribution in [-0.4, -0.2) is 41.4 Å². The molecule has 1 N–H and O–H groups in total. The zero-order chi connectivity index (χ0) is 18.4. The van der Waals surface area contributed by atoms with E-state index in [-0.39, 0.29) is 18.2 Å². The van der Waals surface area contributed by atoms with Crippen LogP contribution in [0.2, 0.25) is 5.02 Å². The van der Waals surface area contributed by atoms with Gasteiger partial charge in [0, 0.05) is 23.6 Å². The Bertz CT molecular complexity index is 789. The Morgan fingerprint density at radius 3 is 2.60 bits per heavy atom. The fraction of sp³-hybridized carbons (Fsp3) is 0.529. The Morgan fingerprint density at radius 1 is 1.36 bits per heavy atom. The molecule has 2 aromatic rings. The number of carbonyl (C=O) groups is 1. The second-order valence-corrected chi connectivity index (χ2v) is 7.68. The minimum atomic E-state index is -0.598. The lowest BCUT2D eigenvalue weighted by Crippen LogP contribution is -2.41. The van der Waals surface area contributed by atoms with Crippen LogP contribution in [0.4, 0.5) is 0 Å². The molecule has 3 rings (SSSR count). The first-order chi connectivity index (χ1) is 11.7. The van der Waals surface area contributed by atoms with Crippen LogP contribution in [0.25, 0.3) is 11.0 Å². The Kier molecular flexibility index (Phi) is 4.60. The molecule has 2 aromatic heterocycles. The van der Waals surface area contributed by atoms with Crippen molar-refractivity contribution in [2.45, 2.75) is 51.1 Å². The van der Waals surface area contributed by atoms with Crippen molar-refractivity contribution in [3.05, 3.63) is 29.0 Å². The van der Waals surface area contributed by atoms with Crippen molar-refractivity contribution in [2.24, 2.45) is 0 Å². The maximum atomic E-state index is 12.0. The van der Waals surface area contributed by atoms with E-state index in [2.05, 4.69) is 9.97 Å². The first kappa shape index (κ1) is 18.2. The molecular weight excluding hydrogens is 342 g/mol. The summed E-state index contributed by atoms with van der Waals surface area (Å²) in [5.74, 6) is -0.710. The quantitative estimate of drug-likeness (QED) is 0.664. The van der Waals surface area contributed by atoms with Gasteiger partial charge in [-0.15, -0.1) is 0 Å². The Labute approximate surface area is 152 Å². The van der Waals surface area contributed by atoms with Gasteiger partial charge in [-0.25, -0.2) is 4.98 Å². The molecule has 0 bridgehead atoms. The Morgan fingerprint density at radius 2 is 2.00 bits per heavy atom. The maximum Gasteiger partial charge on any atom is 0.466 e. The van der Waals surface area contributed by atoms with Crippen LogP contribution in [0.5, 0.6) is 0 Å². The number of H-pyrrole nitrogens is 1. The number of methoxy groups -OCH3 is 1. The topological polar surface area (TPSA) is 73.4 Å². The van der Waals surface area contributed by atoms with Gasteiger partial charge in [0.25, 0.3) is 0 Å². The standard InChI is InChI=1S/C17H22BClN2O4/c1-16(2)17(3,4)25-18(24-16)11(8-13(22)23-5)10-9-21-15-14(10)12(19)6-7-20-15/h6-7,9,11H,8H2,1-5H3,(H,20,21). The number of halogens is 1. The van der Waals surface area contributed by atoms with Gasteiger partial charge in [-0.3, -0.25) is 4.79 Å². The van der Waals surface area contributed by atoms with Gasteiger partial charge < -0.3 is 19.0 Å². The molecule has 134 valence electrons. The molecule has 0 spiro atoms. The van der Waals surface area contributed by atoms with Gasteiger partial charge in [-0.1, -0.05) is 11.6 Å². The minimum Gasteiger partial charge on any atom is -0.469 e. The Hall–Kier alpha value is -1.57. The van der Waals surface area contributed by atoms with Gasteiger partial charge in [-0.2, -0.15) is 0 Å². The predicted octanol–water partition coefficient (Wildman–Crippen LogP) is 3.49.